The average molecular weight is 241 g/mol. The van der Waals surface area contributed by atoms with Gasteiger partial charge < -0.3 is 9.26 Å². The van der Waals surface area contributed by atoms with Crippen LogP contribution in [0.3, 0.4) is 0 Å². The molecule has 2 aromatic heterocycles. The fraction of sp³-hybridized carbons (Fsp3) is 0.300. The molecule has 0 aliphatic heterocycles. The molecule has 2 heterocycles. The molecule has 0 aromatic carbocycles. The fourth-order valence-electron chi connectivity index (χ4n) is 1.22. The van der Waals surface area contributed by atoms with Gasteiger partial charge in [-0.05, 0) is 12.1 Å². The van der Waals surface area contributed by atoms with Gasteiger partial charge in [0.1, 0.15) is 12.3 Å². The number of aromatic nitrogens is 3. The van der Waals surface area contributed by atoms with Gasteiger partial charge in [0, 0.05) is 18.9 Å². The topological polar surface area (TPSA) is 61.0 Å². The van der Waals surface area contributed by atoms with Crippen molar-refractivity contribution in [1.82, 2.24) is 15.1 Å². The molecule has 7 heteroatoms. The number of alkyl halides is 2. The van der Waals surface area contributed by atoms with E-state index in [1.165, 1.54) is 25.4 Å². The zero-order valence-corrected chi connectivity index (χ0v) is 8.93. The van der Waals surface area contributed by atoms with Crippen LogP contribution in [0.5, 0.6) is 0 Å². The van der Waals surface area contributed by atoms with Crippen LogP contribution in [0.4, 0.5) is 8.78 Å². The van der Waals surface area contributed by atoms with Gasteiger partial charge >= 0.3 is 0 Å². The molecule has 0 aliphatic rings. The highest BCUT2D eigenvalue weighted by molar-refractivity contribution is 5.52. The first-order valence-electron chi connectivity index (χ1n) is 4.76. The maximum atomic E-state index is 12.3. The molecule has 17 heavy (non-hydrogen) atoms. The van der Waals surface area contributed by atoms with E-state index in [2.05, 4.69) is 15.1 Å². The molecule has 0 unspecified atom stereocenters. The molecule has 0 saturated carbocycles. The summed E-state index contributed by atoms with van der Waals surface area (Å²) in [5, 5.41) is 3.69. The van der Waals surface area contributed by atoms with Crippen LogP contribution in [0.1, 0.15) is 18.0 Å². The summed E-state index contributed by atoms with van der Waals surface area (Å²) in [5.74, 6) is 0.616. The van der Waals surface area contributed by atoms with Crippen LogP contribution in [0.25, 0.3) is 11.4 Å². The van der Waals surface area contributed by atoms with Crippen LogP contribution in [-0.2, 0) is 11.3 Å². The van der Waals surface area contributed by atoms with Crippen molar-refractivity contribution in [2.24, 2.45) is 0 Å². The minimum Gasteiger partial charge on any atom is -0.375 e. The number of hydrogen-bond acceptors (Lipinski definition) is 5. The van der Waals surface area contributed by atoms with Gasteiger partial charge in [-0.15, -0.1) is 0 Å². The Morgan fingerprint density at radius 2 is 2.24 bits per heavy atom. The molecule has 0 fully saturated rings. The maximum absolute atomic E-state index is 12.3. The van der Waals surface area contributed by atoms with Crippen LogP contribution in [-0.4, -0.2) is 22.2 Å². The molecule has 0 amide bonds. The maximum Gasteiger partial charge on any atom is 0.280 e. The first kappa shape index (κ1) is 11.6. The van der Waals surface area contributed by atoms with Crippen molar-refractivity contribution in [2.75, 3.05) is 7.11 Å². The highest BCUT2D eigenvalue weighted by atomic mass is 19.3. The van der Waals surface area contributed by atoms with Crippen molar-refractivity contribution >= 4 is 0 Å². The van der Waals surface area contributed by atoms with Crippen LogP contribution >= 0.6 is 0 Å². The number of methoxy groups -OCH3 is 1. The summed E-state index contributed by atoms with van der Waals surface area (Å²) >= 11 is 0. The molecular formula is C10H9F2N3O2. The predicted octanol–water partition coefficient (Wildman–Crippen LogP) is 2.22. The van der Waals surface area contributed by atoms with Gasteiger partial charge in [-0.25, -0.2) is 8.78 Å². The Balaban J connectivity index is 2.21. The first-order valence-corrected chi connectivity index (χ1v) is 4.76. The SMILES string of the molecule is COCc1nc(-c2ccc(C(F)F)nc2)no1. The molecule has 5 nitrogen and oxygen atoms in total. The Morgan fingerprint density at radius 1 is 1.41 bits per heavy atom. The second-order valence-corrected chi connectivity index (χ2v) is 3.22. The Bertz CT molecular complexity index is 485. The van der Waals surface area contributed by atoms with E-state index in [1.807, 2.05) is 0 Å². The monoisotopic (exact) mass is 241 g/mol. The minimum absolute atomic E-state index is 0.204. The summed E-state index contributed by atoms with van der Waals surface area (Å²) in [6.45, 7) is 0.204. The Kier molecular flexibility index (Phi) is 3.38. The standard InChI is InChI=1S/C10H9F2N3O2/c1-16-5-8-14-10(15-17-8)6-2-3-7(9(11)12)13-4-6/h2-4,9H,5H2,1H3. The molecule has 0 radical (unpaired) electrons. The summed E-state index contributed by atoms with van der Waals surface area (Å²) in [5.41, 5.74) is 0.231. The Morgan fingerprint density at radius 3 is 2.82 bits per heavy atom. The van der Waals surface area contributed by atoms with Gasteiger partial charge in [0.05, 0.1) is 0 Å². The number of pyridine rings is 1. The lowest BCUT2D eigenvalue weighted by Crippen LogP contribution is -1.91. The molecule has 0 bridgehead atoms. The van der Waals surface area contributed by atoms with Crippen molar-refractivity contribution in [2.45, 2.75) is 13.0 Å². The molecule has 0 atom stereocenters. The van der Waals surface area contributed by atoms with Gasteiger partial charge in [-0.1, -0.05) is 5.16 Å². The van der Waals surface area contributed by atoms with E-state index in [-0.39, 0.29) is 12.3 Å². The van der Waals surface area contributed by atoms with E-state index in [4.69, 9.17) is 9.26 Å². The van der Waals surface area contributed by atoms with Gasteiger partial charge in [-0.3, -0.25) is 4.98 Å². The zero-order chi connectivity index (χ0) is 12.3. The van der Waals surface area contributed by atoms with Crippen molar-refractivity contribution in [1.29, 1.82) is 0 Å². The van der Waals surface area contributed by atoms with Crippen LogP contribution in [0.2, 0.25) is 0 Å². The molecular weight excluding hydrogens is 232 g/mol. The third-order valence-electron chi connectivity index (χ3n) is 2.00. The number of halogens is 2. The third-order valence-corrected chi connectivity index (χ3v) is 2.00. The minimum atomic E-state index is -2.58. The highest BCUT2D eigenvalue weighted by Crippen LogP contribution is 2.20. The number of nitrogens with zero attached hydrogens (tertiary/aromatic N) is 3. The molecule has 2 rings (SSSR count). The molecule has 0 saturated heterocycles. The molecule has 0 spiro atoms. The predicted molar refractivity (Wildman–Crippen MR) is 53.2 cm³/mol. The number of ether oxygens (including phenoxy) is 1. The lowest BCUT2D eigenvalue weighted by Gasteiger charge is -1.98. The van der Waals surface area contributed by atoms with E-state index in [1.54, 1.807) is 0 Å². The van der Waals surface area contributed by atoms with E-state index in [9.17, 15) is 8.78 Å². The van der Waals surface area contributed by atoms with Gasteiger partial charge in [-0.2, -0.15) is 4.98 Å². The summed E-state index contributed by atoms with van der Waals surface area (Å²) in [4.78, 5) is 7.62. The van der Waals surface area contributed by atoms with Crippen molar-refractivity contribution in [3.05, 3.63) is 29.9 Å². The summed E-state index contributed by atoms with van der Waals surface area (Å²) in [6.07, 6.45) is -1.30. The normalized spacial score (nSPS) is 11.1. The van der Waals surface area contributed by atoms with E-state index in [0.717, 1.165) is 0 Å². The lowest BCUT2D eigenvalue weighted by atomic mass is 10.2. The van der Waals surface area contributed by atoms with Gasteiger partial charge in [0.15, 0.2) is 0 Å². The van der Waals surface area contributed by atoms with Gasteiger partial charge in [0.2, 0.25) is 5.82 Å². The summed E-state index contributed by atoms with van der Waals surface area (Å²) < 4.78 is 34.2. The molecule has 90 valence electrons. The van der Waals surface area contributed by atoms with Crippen molar-refractivity contribution in [3.63, 3.8) is 0 Å². The Hall–Kier alpha value is -1.89. The zero-order valence-electron chi connectivity index (χ0n) is 8.93. The van der Waals surface area contributed by atoms with E-state index >= 15 is 0 Å². The Labute approximate surface area is 95.4 Å². The second kappa shape index (κ2) is 4.96. The fourth-order valence-corrected chi connectivity index (χ4v) is 1.22. The van der Waals surface area contributed by atoms with Crippen LogP contribution in [0, 0.1) is 0 Å². The molecule has 2 aromatic rings. The quantitative estimate of drug-likeness (QED) is 0.821. The average Bonchev–Trinajstić information content (AvgIpc) is 2.78. The van der Waals surface area contributed by atoms with Crippen molar-refractivity contribution in [3.8, 4) is 11.4 Å². The van der Waals surface area contributed by atoms with Crippen LogP contribution in [0.15, 0.2) is 22.9 Å². The second-order valence-electron chi connectivity index (χ2n) is 3.22. The first-order chi connectivity index (χ1) is 8.20. The number of hydrogen-bond donors (Lipinski definition) is 0. The summed E-state index contributed by atoms with van der Waals surface area (Å²) in [6, 6.07) is 2.70. The smallest absolute Gasteiger partial charge is 0.280 e. The lowest BCUT2D eigenvalue weighted by molar-refractivity contribution is 0.146. The highest BCUT2D eigenvalue weighted by Gasteiger charge is 2.11. The summed E-state index contributed by atoms with van der Waals surface area (Å²) in [7, 11) is 1.50. The molecule has 0 aliphatic carbocycles. The molecule has 0 N–H and O–H groups in total. The van der Waals surface area contributed by atoms with Crippen LogP contribution < -0.4 is 0 Å². The third kappa shape index (κ3) is 2.62. The van der Waals surface area contributed by atoms with Crippen molar-refractivity contribution < 1.29 is 18.0 Å². The number of rotatable bonds is 4. The van der Waals surface area contributed by atoms with E-state index in [0.29, 0.717) is 17.3 Å². The van der Waals surface area contributed by atoms with Gasteiger partial charge in [0.25, 0.3) is 12.3 Å². The largest absolute Gasteiger partial charge is 0.375 e. The van der Waals surface area contributed by atoms with E-state index < -0.39 is 6.43 Å².